The summed E-state index contributed by atoms with van der Waals surface area (Å²) in [5.74, 6) is 0.718. The number of aromatic amines is 1. The summed E-state index contributed by atoms with van der Waals surface area (Å²) in [7, 11) is 0. The summed E-state index contributed by atoms with van der Waals surface area (Å²) in [4.78, 5) is 6.56. The van der Waals surface area contributed by atoms with E-state index in [2.05, 4.69) is 9.97 Å². The predicted molar refractivity (Wildman–Crippen MR) is 55.4 cm³/mol. The molecular formula is C10H13N3O. The van der Waals surface area contributed by atoms with E-state index in [1.807, 2.05) is 6.07 Å². The molecule has 14 heavy (non-hydrogen) atoms. The third kappa shape index (κ3) is 3.73. The lowest BCUT2D eigenvalue weighted by Crippen LogP contribution is -1.80. The molecule has 4 nitrogen and oxygen atoms in total. The number of hydrogen-bond donors (Lipinski definition) is 3. The number of anilines is 1. The van der Waals surface area contributed by atoms with Crippen LogP contribution in [0.2, 0.25) is 0 Å². The monoisotopic (exact) mass is 191 g/mol. The number of aromatic nitrogens is 2. The van der Waals surface area contributed by atoms with Gasteiger partial charge in [0.1, 0.15) is 5.82 Å². The molecule has 74 valence electrons. The largest absolute Gasteiger partial charge is 0.392 e. The van der Waals surface area contributed by atoms with E-state index in [9.17, 15) is 0 Å². The highest BCUT2D eigenvalue weighted by Gasteiger charge is 1.82. The Labute approximate surface area is 82.4 Å². The number of hydrogen-bond acceptors (Lipinski definition) is 3. The van der Waals surface area contributed by atoms with Crippen LogP contribution in [0.5, 0.6) is 0 Å². The summed E-state index contributed by atoms with van der Waals surface area (Å²) in [6.45, 7) is 0.0997. The van der Waals surface area contributed by atoms with Crippen LogP contribution in [0, 0.1) is 0 Å². The Morgan fingerprint density at radius 1 is 1.29 bits per heavy atom. The fourth-order valence-electron chi connectivity index (χ4n) is 0.832. The Morgan fingerprint density at radius 2 is 2.00 bits per heavy atom. The Hall–Kier alpha value is -1.81. The zero-order chi connectivity index (χ0) is 10.2. The van der Waals surface area contributed by atoms with Crippen LogP contribution in [0.4, 0.5) is 5.82 Å². The summed E-state index contributed by atoms with van der Waals surface area (Å²) in [5.41, 5.74) is 6.12. The van der Waals surface area contributed by atoms with Gasteiger partial charge in [0, 0.05) is 18.6 Å². The molecule has 2 heterocycles. The van der Waals surface area contributed by atoms with Crippen molar-refractivity contribution in [2.75, 3.05) is 5.73 Å². The minimum absolute atomic E-state index is 0.0997. The number of pyridine rings is 1. The number of H-pyrrole nitrogens is 1. The van der Waals surface area contributed by atoms with Gasteiger partial charge >= 0.3 is 0 Å². The molecule has 0 saturated heterocycles. The van der Waals surface area contributed by atoms with Gasteiger partial charge in [-0.1, -0.05) is 0 Å². The molecular weight excluding hydrogens is 178 g/mol. The van der Waals surface area contributed by atoms with Crippen molar-refractivity contribution in [1.29, 1.82) is 0 Å². The fourth-order valence-corrected chi connectivity index (χ4v) is 0.832. The van der Waals surface area contributed by atoms with E-state index in [-0.39, 0.29) is 6.61 Å². The lowest BCUT2D eigenvalue weighted by Gasteiger charge is -1.88. The lowest BCUT2D eigenvalue weighted by atomic mass is 10.3. The Kier molecular flexibility index (Phi) is 4.23. The van der Waals surface area contributed by atoms with Gasteiger partial charge in [-0.3, -0.25) is 4.98 Å². The number of aliphatic hydroxyl groups excluding tert-OH is 1. The number of rotatable bonds is 1. The van der Waals surface area contributed by atoms with Crippen molar-refractivity contribution in [1.82, 2.24) is 9.97 Å². The zero-order valence-electron chi connectivity index (χ0n) is 7.72. The molecule has 2 aromatic rings. The van der Waals surface area contributed by atoms with Crippen molar-refractivity contribution >= 4 is 5.82 Å². The Morgan fingerprint density at radius 3 is 2.29 bits per heavy atom. The first-order valence-corrected chi connectivity index (χ1v) is 4.21. The molecule has 0 atom stereocenters. The van der Waals surface area contributed by atoms with Crippen LogP contribution in [0.25, 0.3) is 0 Å². The van der Waals surface area contributed by atoms with Crippen molar-refractivity contribution in [2.45, 2.75) is 6.61 Å². The molecule has 4 heteroatoms. The maximum Gasteiger partial charge on any atom is 0.100 e. The highest BCUT2D eigenvalue weighted by Crippen LogP contribution is 1.92. The molecule has 0 aromatic carbocycles. The van der Waals surface area contributed by atoms with Crippen molar-refractivity contribution in [3.63, 3.8) is 0 Å². The van der Waals surface area contributed by atoms with Crippen molar-refractivity contribution in [2.24, 2.45) is 0 Å². The molecule has 0 aliphatic heterocycles. The first-order valence-electron chi connectivity index (χ1n) is 4.21. The van der Waals surface area contributed by atoms with E-state index in [0.717, 1.165) is 11.4 Å². The summed E-state index contributed by atoms with van der Waals surface area (Å²) in [5, 5.41) is 8.51. The van der Waals surface area contributed by atoms with Gasteiger partial charge < -0.3 is 15.8 Å². The van der Waals surface area contributed by atoms with Gasteiger partial charge in [0.15, 0.2) is 0 Å². The minimum Gasteiger partial charge on any atom is -0.392 e. The second-order valence-electron chi connectivity index (χ2n) is 2.64. The first-order chi connectivity index (χ1) is 6.83. The first kappa shape index (κ1) is 10.3. The van der Waals surface area contributed by atoms with E-state index in [4.69, 9.17) is 10.8 Å². The van der Waals surface area contributed by atoms with Crippen molar-refractivity contribution in [3.8, 4) is 0 Å². The van der Waals surface area contributed by atoms with Gasteiger partial charge in [0.25, 0.3) is 0 Å². The molecule has 0 radical (unpaired) electrons. The third-order valence-corrected chi connectivity index (χ3v) is 1.55. The topological polar surface area (TPSA) is 74.9 Å². The fraction of sp³-hybridized carbons (Fsp3) is 0.100. The second kappa shape index (κ2) is 5.77. The number of aliphatic hydroxyl groups is 1. The molecule has 2 aromatic heterocycles. The summed E-state index contributed by atoms with van der Waals surface area (Å²) >= 11 is 0. The van der Waals surface area contributed by atoms with E-state index in [0.29, 0.717) is 0 Å². The summed E-state index contributed by atoms with van der Waals surface area (Å²) in [6, 6.07) is 7.22. The van der Waals surface area contributed by atoms with E-state index in [1.165, 1.54) is 0 Å². The molecule has 0 unspecified atom stereocenters. The molecule has 0 fully saturated rings. The number of nitrogens with zero attached hydrogens (tertiary/aromatic N) is 1. The standard InChI is InChI=1S/C6H7NO.C4H6N2/c8-5-6-1-3-7-4-2-6;5-4-2-1-3-6-4/h1-4,8H,5H2;1-3,6H,5H2. The maximum absolute atomic E-state index is 8.51. The van der Waals surface area contributed by atoms with Gasteiger partial charge in [-0.05, 0) is 29.8 Å². The summed E-state index contributed by atoms with van der Waals surface area (Å²) in [6.07, 6.45) is 5.10. The average Bonchev–Trinajstić information content (AvgIpc) is 2.71. The molecule has 0 bridgehead atoms. The van der Waals surface area contributed by atoms with E-state index >= 15 is 0 Å². The zero-order valence-corrected chi connectivity index (χ0v) is 7.72. The molecule has 0 amide bonds. The van der Waals surface area contributed by atoms with Gasteiger partial charge in [0.05, 0.1) is 6.61 Å². The maximum atomic E-state index is 8.51. The van der Waals surface area contributed by atoms with E-state index < -0.39 is 0 Å². The second-order valence-corrected chi connectivity index (χ2v) is 2.64. The highest BCUT2D eigenvalue weighted by atomic mass is 16.3. The normalized spacial score (nSPS) is 8.93. The Balaban J connectivity index is 0.000000146. The molecule has 2 rings (SSSR count). The molecule has 0 saturated carbocycles. The number of nitrogens with two attached hydrogens (primary N) is 1. The van der Waals surface area contributed by atoms with E-state index in [1.54, 1.807) is 36.8 Å². The van der Waals surface area contributed by atoms with Gasteiger partial charge in [-0.25, -0.2) is 0 Å². The predicted octanol–water partition coefficient (Wildman–Crippen LogP) is 1.17. The number of nitrogens with one attached hydrogen (secondary N) is 1. The quantitative estimate of drug-likeness (QED) is 0.633. The third-order valence-electron chi connectivity index (χ3n) is 1.55. The van der Waals surface area contributed by atoms with Crippen LogP contribution in [0.15, 0.2) is 42.9 Å². The SMILES string of the molecule is Nc1ccc[nH]1.OCc1ccncc1. The molecule has 4 N–H and O–H groups in total. The van der Waals surface area contributed by atoms with Gasteiger partial charge in [-0.2, -0.15) is 0 Å². The Bertz CT molecular complexity index is 332. The summed E-state index contributed by atoms with van der Waals surface area (Å²) < 4.78 is 0. The average molecular weight is 191 g/mol. The number of nitrogen functional groups attached to an aromatic ring is 1. The molecule has 0 aliphatic carbocycles. The lowest BCUT2D eigenvalue weighted by molar-refractivity contribution is 0.281. The highest BCUT2D eigenvalue weighted by molar-refractivity contribution is 5.26. The van der Waals surface area contributed by atoms with Crippen molar-refractivity contribution < 1.29 is 5.11 Å². The molecule has 0 aliphatic rings. The van der Waals surface area contributed by atoms with Gasteiger partial charge in [0.2, 0.25) is 0 Å². The van der Waals surface area contributed by atoms with Crippen LogP contribution in [-0.2, 0) is 6.61 Å². The smallest absolute Gasteiger partial charge is 0.100 e. The molecule has 0 spiro atoms. The van der Waals surface area contributed by atoms with Crippen LogP contribution < -0.4 is 5.73 Å². The minimum atomic E-state index is 0.0997. The van der Waals surface area contributed by atoms with Crippen LogP contribution in [0.3, 0.4) is 0 Å². The van der Waals surface area contributed by atoms with Crippen LogP contribution >= 0.6 is 0 Å². The van der Waals surface area contributed by atoms with Crippen LogP contribution in [-0.4, -0.2) is 15.1 Å². The van der Waals surface area contributed by atoms with Gasteiger partial charge in [-0.15, -0.1) is 0 Å². The van der Waals surface area contributed by atoms with Crippen molar-refractivity contribution in [3.05, 3.63) is 48.4 Å². The van der Waals surface area contributed by atoms with Crippen LogP contribution in [0.1, 0.15) is 5.56 Å².